The Morgan fingerprint density at radius 3 is 2.76 bits per heavy atom. The molecule has 3 N–H and O–H groups in total. The molecule has 0 aliphatic heterocycles. The summed E-state index contributed by atoms with van der Waals surface area (Å²) in [5.74, 6) is 2.08. The quantitative estimate of drug-likeness (QED) is 0.742. The minimum absolute atomic E-state index is 0.109. The van der Waals surface area contributed by atoms with E-state index < -0.39 is 0 Å². The van der Waals surface area contributed by atoms with E-state index in [2.05, 4.69) is 32.0 Å². The Morgan fingerprint density at radius 1 is 1.20 bits per heavy atom. The van der Waals surface area contributed by atoms with Crippen LogP contribution in [0.25, 0.3) is 0 Å². The van der Waals surface area contributed by atoms with Gasteiger partial charge in [0.15, 0.2) is 0 Å². The Kier molecular flexibility index (Phi) is 6.54. The Hall–Kier alpha value is -0.900. The molecule has 1 unspecified atom stereocenters. The van der Waals surface area contributed by atoms with Crippen molar-refractivity contribution in [1.29, 1.82) is 0 Å². The van der Waals surface area contributed by atoms with Gasteiger partial charge in [0.25, 0.3) is 0 Å². The van der Waals surface area contributed by atoms with Gasteiger partial charge in [0, 0.05) is 25.9 Å². The normalized spacial score (nSPS) is 29.2. The molecule has 3 nitrogen and oxygen atoms in total. The molecule has 1 aromatic rings. The number of benzene rings is 1. The van der Waals surface area contributed by atoms with Gasteiger partial charge in [-0.05, 0) is 78.9 Å². The van der Waals surface area contributed by atoms with Gasteiger partial charge in [0.1, 0.15) is 0 Å². The fraction of sp³-hybridized carbons (Fsp3) is 0.727. The van der Waals surface area contributed by atoms with Crippen LogP contribution in [-0.4, -0.2) is 31.0 Å². The average Bonchev–Trinajstić information content (AvgIpc) is 2.98. The molecule has 0 amide bonds. The number of ether oxygens (including phenoxy) is 1. The van der Waals surface area contributed by atoms with Crippen molar-refractivity contribution in [1.82, 2.24) is 0 Å². The van der Waals surface area contributed by atoms with E-state index in [0.29, 0.717) is 11.8 Å². The van der Waals surface area contributed by atoms with Crippen LogP contribution in [-0.2, 0) is 17.6 Å². The van der Waals surface area contributed by atoms with Crippen molar-refractivity contribution in [3.05, 3.63) is 34.9 Å². The van der Waals surface area contributed by atoms with Gasteiger partial charge in [-0.1, -0.05) is 32.0 Å². The van der Waals surface area contributed by atoms with E-state index in [-0.39, 0.29) is 18.6 Å². The van der Waals surface area contributed by atoms with Gasteiger partial charge in [-0.15, -0.1) is 0 Å². The molecular formula is C22H35NO2. The maximum Gasteiger partial charge on any atom is 0.0488 e. The number of hydrogen-bond acceptors (Lipinski definition) is 3. The van der Waals surface area contributed by atoms with Crippen molar-refractivity contribution < 1.29 is 9.84 Å². The molecule has 0 heterocycles. The molecule has 0 bridgehead atoms. The van der Waals surface area contributed by atoms with Crippen LogP contribution in [0.3, 0.4) is 0 Å². The topological polar surface area (TPSA) is 55.5 Å². The molecule has 3 rings (SSSR count). The SMILES string of the molecule is CC(C)COCC[C@H]1CCc2cc([C@H]3CC[C@H](CO)C3N)ccc2C1. The van der Waals surface area contributed by atoms with Crippen molar-refractivity contribution in [3.8, 4) is 0 Å². The lowest BCUT2D eigenvalue weighted by Gasteiger charge is -2.27. The van der Waals surface area contributed by atoms with Crippen molar-refractivity contribution in [2.45, 2.75) is 64.3 Å². The highest BCUT2D eigenvalue weighted by Crippen LogP contribution is 2.39. The lowest BCUT2D eigenvalue weighted by atomic mass is 9.80. The van der Waals surface area contributed by atoms with Gasteiger partial charge in [-0.25, -0.2) is 0 Å². The fourth-order valence-electron chi connectivity index (χ4n) is 4.61. The molecule has 0 aromatic heterocycles. The molecule has 1 fully saturated rings. The zero-order valence-corrected chi connectivity index (χ0v) is 15.9. The largest absolute Gasteiger partial charge is 0.396 e. The first-order valence-corrected chi connectivity index (χ1v) is 10.1. The van der Waals surface area contributed by atoms with Crippen LogP contribution in [0.2, 0.25) is 0 Å². The summed E-state index contributed by atoms with van der Waals surface area (Å²) in [6.07, 6.45) is 7.00. The Balaban J connectivity index is 1.56. The summed E-state index contributed by atoms with van der Waals surface area (Å²) in [7, 11) is 0. The van der Waals surface area contributed by atoms with Gasteiger partial charge in [-0.3, -0.25) is 0 Å². The summed E-state index contributed by atoms with van der Waals surface area (Å²) >= 11 is 0. The monoisotopic (exact) mass is 345 g/mol. The van der Waals surface area contributed by atoms with E-state index in [4.69, 9.17) is 10.5 Å². The van der Waals surface area contributed by atoms with Gasteiger partial charge >= 0.3 is 0 Å². The Bertz CT molecular complexity index is 557. The molecule has 2 aliphatic rings. The lowest BCUT2D eigenvalue weighted by molar-refractivity contribution is 0.0962. The number of hydrogen-bond donors (Lipinski definition) is 2. The van der Waals surface area contributed by atoms with Crippen LogP contribution >= 0.6 is 0 Å². The van der Waals surface area contributed by atoms with Crippen LogP contribution in [0.5, 0.6) is 0 Å². The molecule has 2 aliphatic carbocycles. The first-order valence-electron chi connectivity index (χ1n) is 10.1. The zero-order chi connectivity index (χ0) is 17.8. The van der Waals surface area contributed by atoms with Crippen LogP contribution < -0.4 is 5.73 Å². The highest BCUT2D eigenvalue weighted by atomic mass is 16.5. The smallest absolute Gasteiger partial charge is 0.0488 e. The minimum atomic E-state index is 0.109. The Morgan fingerprint density at radius 2 is 2.04 bits per heavy atom. The Labute approximate surface area is 153 Å². The van der Waals surface area contributed by atoms with Crippen LogP contribution in [0.4, 0.5) is 0 Å². The molecule has 0 spiro atoms. The average molecular weight is 346 g/mol. The molecule has 0 radical (unpaired) electrons. The number of aryl methyl sites for hydroxylation is 1. The van der Waals surface area contributed by atoms with Gasteiger partial charge in [0.2, 0.25) is 0 Å². The molecule has 4 atom stereocenters. The highest BCUT2D eigenvalue weighted by Gasteiger charge is 2.34. The van der Waals surface area contributed by atoms with Crippen LogP contribution in [0, 0.1) is 17.8 Å². The summed E-state index contributed by atoms with van der Waals surface area (Å²) in [6, 6.07) is 7.15. The zero-order valence-electron chi connectivity index (χ0n) is 15.9. The molecule has 1 aromatic carbocycles. The first kappa shape index (κ1) is 18.9. The molecule has 140 valence electrons. The van der Waals surface area contributed by atoms with Crippen LogP contribution in [0.1, 0.15) is 62.1 Å². The summed E-state index contributed by atoms with van der Waals surface area (Å²) < 4.78 is 5.77. The van der Waals surface area contributed by atoms with Crippen molar-refractivity contribution in [2.24, 2.45) is 23.5 Å². The second kappa shape index (κ2) is 8.66. The number of rotatable bonds is 7. The van der Waals surface area contributed by atoms with Gasteiger partial charge < -0.3 is 15.6 Å². The third-order valence-corrected chi connectivity index (χ3v) is 6.20. The summed E-state index contributed by atoms with van der Waals surface area (Å²) in [6.45, 7) is 6.41. The van der Waals surface area contributed by atoms with E-state index in [9.17, 15) is 5.11 Å². The molecule has 25 heavy (non-hydrogen) atoms. The molecule has 3 heteroatoms. The second-order valence-electron chi connectivity index (χ2n) is 8.60. The van der Waals surface area contributed by atoms with Crippen molar-refractivity contribution in [3.63, 3.8) is 0 Å². The van der Waals surface area contributed by atoms with Crippen molar-refractivity contribution in [2.75, 3.05) is 19.8 Å². The first-order chi connectivity index (χ1) is 12.1. The molecule has 1 saturated carbocycles. The van der Waals surface area contributed by atoms with Crippen molar-refractivity contribution >= 4 is 0 Å². The minimum Gasteiger partial charge on any atom is -0.396 e. The van der Waals surface area contributed by atoms with Gasteiger partial charge in [-0.2, -0.15) is 0 Å². The molecule has 0 saturated heterocycles. The maximum atomic E-state index is 9.45. The third-order valence-electron chi connectivity index (χ3n) is 6.20. The number of nitrogens with two attached hydrogens (primary N) is 1. The van der Waals surface area contributed by atoms with E-state index >= 15 is 0 Å². The summed E-state index contributed by atoms with van der Waals surface area (Å²) in [4.78, 5) is 0. The van der Waals surface area contributed by atoms with Crippen LogP contribution in [0.15, 0.2) is 18.2 Å². The predicted molar refractivity (Wildman–Crippen MR) is 103 cm³/mol. The van der Waals surface area contributed by atoms with E-state index in [1.807, 2.05) is 0 Å². The third kappa shape index (κ3) is 4.64. The maximum absolute atomic E-state index is 9.45. The number of aliphatic hydroxyl groups excluding tert-OH is 1. The second-order valence-corrected chi connectivity index (χ2v) is 8.60. The van der Waals surface area contributed by atoms with E-state index in [1.165, 1.54) is 42.4 Å². The van der Waals surface area contributed by atoms with E-state index in [0.717, 1.165) is 32.0 Å². The fourth-order valence-corrected chi connectivity index (χ4v) is 4.61. The summed E-state index contributed by atoms with van der Waals surface area (Å²) in [5.41, 5.74) is 10.8. The summed E-state index contributed by atoms with van der Waals surface area (Å²) in [5, 5.41) is 9.45. The van der Waals surface area contributed by atoms with Gasteiger partial charge in [0.05, 0.1) is 0 Å². The highest BCUT2D eigenvalue weighted by molar-refractivity contribution is 5.37. The standard InChI is InChI=1S/C22H35NO2/c1-15(2)14-25-10-9-16-3-4-18-12-19(6-5-17(18)11-16)21-8-7-20(13-24)22(21)23/h5-6,12,15-16,20-22,24H,3-4,7-11,13-14,23H2,1-2H3/t16-,20-,21-,22?/m1/s1. The predicted octanol–water partition coefficient (Wildman–Crippen LogP) is 3.67. The lowest BCUT2D eigenvalue weighted by Crippen LogP contribution is -2.32. The molecular weight excluding hydrogens is 310 g/mol. The number of fused-ring (bicyclic) bond motifs is 1. The number of aliphatic hydroxyl groups is 1. The van der Waals surface area contributed by atoms with E-state index in [1.54, 1.807) is 0 Å².